The molecule has 1 aromatic carbocycles. The Morgan fingerprint density at radius 3 is 1.48 bits per heavy atom. The maximum absolute atomic E-state index is 11.7. The summed E-state index contributed by atoms with van der Waals surface area (Å²) in [7, 11) is 0. The summed E-state index contributed by atoms with van der Waals surface area (Å²) in [5, 5.41) is 10.7. The molecule has 0 aliphatic heterocycles. The minimum Gasteiger partial charge on any atom is -0.507 e. The van der Waals surface area contributed by atoms with E-state index in [-0.39, 0.29) is 33.7 Å². The van der Waals surface area contributed by atoms with E-state index < -0.39 is 0 Å². The van der Waals surface area contributed by atoms with Gasteiger partial charge in [-0.25, -0.2) is 0 Å². The van der Waals surface area contributed by atoms with Gasteiger partial charge >= 0.3 is 0 Å². The molecule has 1 N–H and O–H groups in total. The highest BCUT2D eigenvalue weighted by molar-refractivity contribution is 6.21. The molecule has 23 heavy (non-hydrogen) atoms. The minimum absolute atomic E-state index is 0.176. The zero-order valence-corrected chi connectivity index (χ0v) is 15.5. The predicted octanol–water partition coefficient (Wildman–Crippen LogP) is 4.55. The SMILES string of the molecule is CC(=O)C(=Cc1cc(C(C)(C)C)c(O)c(C(C)(C)C)c1)C(C)=O. The lowest BCUT2D eigenvalue weighted by Crippen LogP contribution is -2.17. The summed E-state index contributed by atoms with van der Waals surface area (Å²) >= 11 is 0. The van der Waals surface area contributed by atoms with E-state index in [1.807, 2.05) is 53.7 Å². The second kappa shape index (κ2) is 6.31. The van der Waals surface area contributed by atoms with E-state index in [0.29, 0.717) is 0 Å². The van der Waals surface area contributed by atoms with Crippen LogP contribution in [-0.4, -0.2) is 16.7 Å². The van der Waals surface area contributed by atoms with Crippen molar-refractivity contribution in [2.45, 2.75) is 66.2 Å². The monoisotopic (exact) mass is 316 g/mol. The van der Waals surface area contributed by atoms with Crippen LogP contribution in [0.5, 0.6) is 5.75 Å². The van der Waals surface area contributed by atoms with E-state index in [9.17, 15) is 14.7 Å². The lowest BCUT2D eigenvalue weighted by atomic mass is 9.78. The van der Waals surface area contributed by atoms with Crippen LogP contribution >= 0.6 is 0 Å². The number of Topliss-reactive ketones (excluding diaryl/α,β-unsaturated/α-hetero) is 2. The van der Waals surface area contributed by atoms with E-state index >= 15 is 0 Å². The second-order valence-electron chi connectivity index (χ2n) is 8.14. The van der Waals surface area contributed by atoms with Crippen molar-refractivity contribution in [2.75, 3.05) is 0 Å². The molecule has 0 aliphatic carbocycles. The number of aromatic hydroxyl groups is 1. The quantitative estimate of drug-likeness (QED) is 0.505. The molecule has 0 aromatic heterocycles. The van der Waals surface area contributed by atoms with Gasteiger partial charge in [-0.2, -0.15) is 0 Å². The van der Waals surface area contributed by atoms with E-state index in [1.54, 1.807) is 6.08 Å². The number of phenolic OH excluding ortho intramolecular Hbond substituents is 1. The fraction of sp³-hybridized carbons (Fsp3) is 0.500. The predicted molar refractivity (Wildman–Crippen MR) is 94.8 cm³/mol. The van der Waals surface area contributed by atoms with Gasteiger partial charge in [0.2, 0.25) is 0 Å². The summed E-state index contributed by atoms with van der Waals surface area (Å²) < 4.78 is 0. The number of ketones is 2. The third kappa shape index (κ3) is 4.54. The Morgan fingerprint density at radius 1 is 0.870 bits per heavy atom. The van der Waals surface area contributed by atoms with Gasteiger partial charge in [-0.15, -0.1) is 0 Å². The Balaban J connectivity index is 3.73. The van der Waals surface area contributed by atoms with Crippen LogP contribution < -0.4 is 0 Å². The van der Waals surface area contributed by atoms with E-state index in [1.165, 1.54) is 13.8 Å². The highest BCUT2D eigenvalue weighted by Gasteiger charge is 2.26. The van der Waals surface area contributed by atoms with Gasteiger partial charge in [0, 0.05) is 11.1 Å². The molecule has 0 aliphatic rings. The van der Waals surface area contributed by atoms with Crippen molar-refractivity contribution in [2.24, 2.45) is 0 Å². The van der Waals surface area contributed by atoms with Crippen molar-refractivity contribution in [1.29, 1.82) is 0 Å². The second-order valence-corrected chi connectivity index (χ2v) is 8.14. The fourth-order valence-electron chi connectivity index (χ4n) is 2.50. The highest BCUT2D eigenvalue weighted by Crippen LogP contribution is 2.40. The van der Waals surface area contributed by atoms with Gasteiger partial charge in [-0.3, -0.25) is 9.59 Å². The molecular formula is C20H28O3. The van der Waals surface area contributed by atoms with Crippen LogP contribution in [0.1, 0.15) is 72.1 Å². The topological polar surface area (TPSA) is 54.4 Å². The molecule has 1 aromatic rings. The van der Waals surface area contributed by atoms with E-state index in [2.05, 4.69) is 0 Å². The Kier molecular flexibility index (Phi) is 5.25. The zero-order valence-electron chi connectivity index (χ0n) is 15.5. The van der Waals surface area contributed by atoms with Gasteiger partial charge in [0.15, 0.2) is 11.6 Å². The lowest BCUT2D eigenvalue weighted by molar-refractivity contribution is -0.119. The van der Waals surface area contributed by atoms with Crippen molar-refractivity contribution >= 4 is 17.6 Å². The Hall–Kier alpha value is -1.90. The minimum atomic E-state index is -0.250. The third-order valence-electron chi connectivity index (χ3n) is 3.82. The first-order chi connectivity index (χ1) is 10.2. The Labute approximate surface area is 139 Å². The normalized spacial score (nSPS) is 12.0. The number of hydrogen-bond acceptors (Lipinski definition) is 3. The van der Waals surface area contributed by atoms with Gasteiger partial charge in [-0.1, -0.05) is 41.5 Å². The first-order valence-corrected chi connectivity index (χ1v) is 7.86. The Bertz CT molecular complexity index is 614. The van der Waals surface area contributed by atoms with Crippen molar-refractivity contribution in [3.63, 3.8) is 0 Å². The summed E-state index contributed by atoms with van der Waals surface area (Å²) in [6.45, 7) is 14.9. The molecule has 0 radical (unpaired) electrons. The largest absolute Gasteiger partial charge is 0.507 e. The third-order valence-corrected chi connectivity index (χ3v) is 3.82. The maximum Gasteiger partial charge on any atom is 0.163 e. The van der Waals surface area contributed by atoms with Crippen LogP contribution in [0.2, 0.25) is 0 Å². The molecule has 0 heterocycles. The van der Waals surface area contributed by atoms with Gasteiger partial charge in [0.05, 0.1) is 5.57 Å². The summed E-state index contributed by atoms with van der Waals surface area (Å²) in [5.74, 6) is -0.213. The van der Waals surface area contributed by atoms with E-state index in [4.69, 9.17) is 0 Å². The molecule has 3 heteroatoms. The number of hydrogen-bond donors (Lipinski definition) is 1. The van der Waals surface area contributed by atoms with Crippen molar-refractivity contribution in [3.8, 4) is 5.75 Å². The highest BCUT2D eigenvalue weighted by atomic mass is 16.3. The van der Waals surface area contributed by atoms with Crippen molar-refractivity contribution < 1.29 is 14.7 Å². The molecule has 0 fully saturated rings. The number of carbonyl (C=O) groups excluding carboxylic acids is 2. The molecule has 126 valence electrons. The zero-order chi connectivity index (χ0) is 18.2. The molecule has 3 nitrogen and oxygen atoms in total. The average molecular weight is 316 g/mol. The molecule has 0 bridgehead atoms. The summed E-state index contributed by atoms with van der Waals surface area (Å²) in [6.07, 6.45) is 1.62. The molecule has 1 rings (SSSR count). The number of phenols is 1. The van der Waals surface area contributed by atoms with Crippen LogP contribution in [0, 0.1) is 0 Å². The van der Waals surface area contributed by atoms with Crippen LogP contribution in [-0.2, 0) is 20.4 Å². The lowest BCUT2D eigenvalue weighted by Gasteiger charge is -2.28. The fourth-order valence-corrected chi connectivity index (χ4v) is 2.50. The van der Waals surface area contributed by atoms with Crippen LogP contribution in [0.3, 0.4) is 0 Å². The molecule has 0 spiro atoms. The number of benzene rings is 1. The summed E-state index contributed by atoms with van der Waals surface area (Å²) in [5.41, 5.74) is 2.06. The number of carbonyl (C=O) groups is 2. The molecule has 0 amide bonds. The van der Waals surface area contributed by atoms with Crippen LogP contribution in [0.4, 0.5) is 0 Å². The van der Waals surface area contributed by atoms with Crippen molar-refractivity contribution in [1.82, 2.24) is 0 Å². The standard InChI is InChI=1S/C20H28O3/c1-12(21)15(13(2)22)9-14-10-16(19(3,4)5)18(23)17(11-14)20(6,7)8/h9-11,23H,1-8H3. The summed E-state index contributed by atoms with van der Waals surface area (Å²) in [4.78, 5) is 23.4. The van der Waals surface area contributed by atoms with Crippen LogP contribution in [0.25, 0.3) is 6.08 Å². The average Bonchev–Trinajstić information content (AvgIpc) is 2.33. The van der Waals surface area contributed by atoms with Gasteiger partial charge in [0.1, 0.15) is 5.75 Å². The van der Waals surface area contributed by atoms with Gasteiger partial charge < -0.3 is 5.11 Å². The summed E-state index contributed by atoms with van der Waals surface area (Å²) in [6, 6.07) is 3.72. The van der Waals surface area contributed by atoms with E-state index in [0.717, 1.165) is 16.7 Å². The smallest absolute Gasteiger partial charge is 0.163 e. The maximum atomic E-state index is 11.7. The molecule has 0 saturated carbocycles. The first-order valence-electron chi connectivity index (χ1n) is 7.86. The van der Waals surface area contributed by atoms with Crippen molar-refractivity contribution in [3.05, 3.63) is 34.4 Å². The van der Waals surface area contributed by atoms with Crippen LogP contribution in [0.15, 0.2) is 17.7 Å². The molecule has 0 unspecified atom stereocenters. The molecule has 0 saturated heterocycles. The first kappa shape index (κ1) is 19.1. The van der Waals surface area contributed by atoms with Gasteiger partial charge in [-0.05, 0) is 48.4 Å². The van der Waals surface area contributed by atoms with Gasteiger partial charge in [0.25, 0.3) is 0 Å². The Morgan fingerprint density at radius 2 is 1.22 bits per heavy atom. The number of rotatable bonds is 3. The number of allylic oxidation sites excluding steroid dienone is 1. The molecular weight excluding hydrogens is 288 g/mol. The molecule has 0 atom stereocenters.